The number of aromatic nitrogens is 2. The summed E-state index contributed by atoms with van der Waals surface area (Å²) >= 11 is 0. The van der Waals surface area contributed by atoms with E-state index in [1.807, 2.05) is 10.9 Å². The van der Waals surface area contributed by atoms with Gasteiger partial charge in [0.05, 0.1) is 11.2 Å². The van der Waals surface area contributed by atoms with Crippen molar-refractivity contribution >= 4 is 5.78 Å². The van der Waals surface area contributed by atoms with Gasteiger partial charge < -0.3 is 0 Å². The van der Waals surface area contributed by atoms with Gasteiger partial charge in [-0.1, -0.05) is 0 Å². The lowest BCUT2D eigenvalue weighted by atomic mass is 10.1. The van der Waals surface area contributed by atoms with Crippen molar-refractivity contribution in [2.24, 2.45) is 0 Å². The van der Waals surface area contributed by atoms with Crippen molar-refractivity contribution in [3.05, 3.63) is 18.0 Å². The maximum absolute atomic E-state index is 11.2. The summed E-state index contributed by atoms with van der Waals surface area (Å²) in [5.74, 6) is 0.742. The normalized spacial score (nSPS) is 22.3. The molecule has 1 aromatic heterocycles. The molecule has 1 heterocycles. The number of nitrogens with zero attached hydrogens (tertiary/aromatic N) is 2. The summed E-state index contributed by atoms with van der Waals surface area (Å²) in [4.78, 5) is 11.2. The number of hydrogen-bond acceptors (Lipinski definition) is 2. The average Bonchev–Trinajstić information content (AvgIpc) is 2.69. The largest absolute Gasteiger partial charge is 0.300 e. The number of carbonyl (C=O) groups is 1. The molecule has 0 spiro atoms. The molecule has 1 saturated carbocycles. The Morgan fingerprint density at radius 3 is 2.67 bits per heavy atom. The van der Waals surface area contributed by atoms with E-state index in [1.54, 1.807) is 0 Å². The van der Waals surface area contributed by atoms with Crippen molar-refractivity contribution in [1.29, 1.82) is 0 Å². The third-order valence-electron chi connectivity index (χ3n) is 2.96. The van der Waals surface area contributed by atoms with Crippen LogP contribution >= 0.6 is 0 Å². The SMILES string of the molecule is CC(C)(C)n1ccc(C2CCC(=O)C2)n1. The van der Waals surface area contributed by atoms with E-state index in [0.29, 0.717) is 18.1 Å². The minimum absolute atomic E-state index is 0.0286. The lowest BCUT2D eigenvalue weighted by Gasteiger charge is -2.19. The Morgan fingerprint density at radius 2 is 2.20 bits per heavy atom. The maximum Gasteiger partial charge on any atom is 0.133 e. The van der Waals surface area contributed by atoms with Crippen molar-refractivity contribution < 1.29 is 4.79 Å². The summed E-state index contributed by atoms with van der Waals surface area (Å²) < 4.78 is 1.98. The molecule has 2 rings (SSSR count). The highest BCUT2D eigenvalue weighted by Gasteiger charge is 2.26. The molecule has 3 heteroatoms. The molecule has 1 atom stereocenters. The highest BCUT2D eigenvalue weighted by Crippen LogP contribution is 2.31. The molecule has 0 bridgehead atoms. The second-order valence-electron chi connectivity index (χ2n) is 5.33. The van der Waals surface area contributed by atoms with Gasteiger partial charge in [-0.25, -0.2) is 0 Å². The molecular formula is C12H18N2O. The molecule has 15 heavy (non-hydrogen) atoms. The average molecular weight is 206 g/mol. The van der Waals surface area contributed by atoms with Gasteiger partial charge in [0.25, 0.3) is 0 Å². The van der Waals surface area contributed by atoms with Gasteiger partial charge in [0.15, 0.2) is 0 Å². The van der Waals surface area contributed by atoms with Crippen LogP contribution in [0.5, 0.6) is 0 Å². The van der Waals surface area contributed by atoms with Crippen LogP contribution in [0.1, 0.15) is 51.6 Å². The van der Waals surface area contributed by atoms with E-state index in [2.05, 4.69) is 31.9 Å². The number of hydrogen-bond donors (Lipinski definition) is 0. The van der Waals surface area contributed by atoms with Gasteiger partial charge in [-0.05, 0) is 33.3 Å². The second-order valence-corrected chi connectivity index (χ2v) is 5.33. The molecule has 1 aliphatic carbocycles. The van der Waals surface area contributed by atoms with Gasteiger partial charge in [0.1, 0.15) is 5.78 Å². The zero-order chi connectivity index (χ0) is 11.1. The smallest absolute Gasteiger partial charge is 0.133 e. The Kier molecular flexibility index (Phi) is 2.41. The molecule has 3 nitrogen and oxygen atoms in total. The summed E-state index contributed by atoms with van der Waals surface area (Å²) in [6.45, 7) is 6.39. The van der Waals surface area contributed by atoms with Crippen LogP contribution in [-0.2, 0) is 10.3 Å². The fraction of sp³-hybridized carbons (Fsp3) is 0.667. The van der Waals surface area contributed by atoms with Gasteiger partial charge in [-0.3, -0.25) is 9.48 Å². The number of carbonyl (C=O) groups excluding carboxylic acids is 1. The first kappa shape index (κ1) is 10.4. The van der Waals surface area contributed by atoms with Crippen LogP contribution in [-0.4, -0.2) is 15.6 Å². The van der Waals surface area contributed by atoms with Gasteiger partial charge >= 0.3 is 0 Å². The number of rotatable bonds is 1. The van der Waals surface area contributed by atoms with Crippen LogP contribution in [0.4, 0.5) is 0 Å². The third kappa shape index (κ3) is 2.11. The van der Waals surface area contributed by atoms with Gasteiger partial charge in [0.2, 0.25) is 0 Å². The minimum atomic E-state index is 0.0286. The van der Waals surface area contributed by atoms with E-state index in [-0.39, 0.29) is 5.54 Å². The molecule has 1 fully saturated rings. The molecule has 0 amide bonds. The fourth-order valence-corrected chi connectivity index (χ4v) is 2.00. The Labute approximate surface area is 90.5 Å². The lowest BCUT2D eigenvalue weighted by Crippen LogP contribution is -2.22. The Morgan fingerprint density at radius 1 is 1.47 bits per heavy atom. The highest BCUT2D eigenvalue weighted by atomic mass is 16.1. The monoisotopic (exact) mass is 206 g/mol. The van der Waals surface area contributed by atoms with Crippen LogP contribution in [0.2, 0.25) is 0 Å². The van der Waals surface area contributed by atoms with Gasteiger partial charge in [0, 0.05) is 25.0 Å². The molecule has 82 valence electrons. The number of ketones is 1. The quantitative estimate of drug-likeness (QED) is 0.707. The predicted octanol–water partition coefficient (Wildman–Crippen LogP) is 2.47. The summed E-state index contributed by atoms with van der Waals surface area (Å²) in [6.07, 6.45) is 4.40. The van der Waals surface area contributed by atoms with Crippen molar-refractivity contribution in [3.8, 4) is 0 Å². The molecule has 0 saturated heterocycles. The maximum atomic E-state index is 11.2. The highest BCUT2D eigenvalue weighted by molar-refractivity contribution is 5.81. The first-order valence-corrected chi connectivity index (χ1v) is 5.54. The molecule has 0 aromatic carbocycles. The van der Waals surface area contributed by atoms with E-state index in [1.165, 1.54) is 0 Å². The Bertz CT molecular complexity index is 373. The van der Waals surface area contributed by atoms with Crippen LogP contribution in [0, 0.1) is 0 Å². The minimum Gasteiger partial charge on any atom is -0.300 e. The third-order valence-corrected chi connectivity index (χ3v) is 2.96. The molecule has 1 aliphatic rings. The van der Waals surface area contributed by atoms with Crippen molar-refractivity contribution in [3.63, 3.8) is 0 Å². The van der Waals surface area contributed by atoms with Gasteiger partial charge in [-0.15, -0.1) is 0 Å². The molecule has 0 N–H and O–H groups in total. The van der Waals surface area contributed by atoms with Crippen LogP contribution in [0.15, 0.2) is 12.3 Å². The van der Waals surface area contributed by atoms with E-state index in [9.17, 15) is 4.79 Å². The zero-order valence-electron chi connectivity index (χ0n) is 9.66. The van der Waals surface area contributed by atoms with E-state index in [4.69, 9.17) is 0 Å². The zero-order valence-corrected chi connectivity index (χ0v) is 9.66. The van der Waals surface area contributed by atoms with Gasteiger partial charge in [-0.2, -0.15) is 5.10 Å². The molecule has 1 aromatic rings. The molecule has 0 radical (unpaired) electrons. The predicted molar refractivity (Wildman–Crippen MR) is 58.8 cm³/mol. The summed E-state index contributed by atoms with van der Waals surface area (Å²) in [5, 5.41) is 4.56. The van der Waals surface area contributed by atoms with Crippen molar-refractivity contribution in [1.82, 2.24) is 9.78 Å². The lowest BCUT2D eigenvalue weighted by molar-refractivity contribution is -0.117. The summed E-state index contributed by atoms with van der Waals surface area (Å²) in [5.41, 5.74) is 1.11. The fourth-order valence-electron chi connectivity index (χ4n) is 2.00. The first-order chi connectivity index (χ1) is 6.97. The van der Waals surface area contributed by atoms with E-state index >= 15 is 0 Å². The molecule has 1 unspecified atom stereocenters. The van der Waals surface area contributed by atoms with Crippen molar-refractivity contribution in [2.75, 3.05) is 0 Å². The van der Waals surface area contributed by atoms with Crippen molar-refractivity contribution in [2.45, 2.75) is 51.5 Å². The van der Waals surface area contributed by atoms with Crippen LogP contribution < -0.4 is 0 Å². The van der Waals surface area contributed by atoms with E-state index < -0.39 is 0 Å². The summed E-state index contributed by atoms with van der Waals surface area (Å²) in [6, 6.07) is 2.05. The first-order valence-electron chi connectivity index (χ1n) is 5.54. The summed E-state index contributed by atoms with van der Waals surface area (Å²) in [7, 11) is 0. The van der Waals surface area contributed by atoms with E-state index in [0.717, 1.165) is 18.5 Å². The Balaban J connectivity index is 2.17. The topological polar surface area (TPSA) is 34.9 Å². The van der Waals surface area contributed by atoms with Crippen LogP contribution in [0.25, 0.3) is 0 Å². The number of Topliss-reactive ketones (excluding diaryl/α,β-unsaturated/α-hetero) is 1. The molecule has 0 aliphatic heterocycles. The molecular weight excluding hydrogens is 188 g/mol. The second kappa shape index (κ2) is 3.47. The standard InChI is InChI=1S/C12H18N2O/c1-12(2,3)14-7-6-11(13-14)9-4-5-10(15)8-9/h6-7,9H,4-5,8H2,1-3H3. The van der Waals surface area contributed by atoms with Crippen LogP contribution in [0.3, 0.4) is 0 Å². The Hall–Kier alpha value is -1.12.